The Morgan fingerprint density at radius 2 is 1.86 bits per heavy atom. The van der Waals surface area contributed by atoms with Crippen LogP contribution in [0.1, 0.15) is 11.1 Å². The van der Waals surface area contributed by atoms with E-state index in [1.165, 1.54) is 23.0 Å². The van der Waals surface area contributed by atoms with E-state index < -0.39 is 0 Å². The van der Waals surface area contributed by atoms with Crippen molar-refractivity contribution in [3.05, 3.63) is 77.1 Å². The lowest BCUT2D eigenvalue weighted by Crippen LogP contribution is -2.24. The molecule has 0 saturated carbocycles. The first kappa shape index (κ1) is 21.5. The van der Waals surface area contributed by atoms with E-state index in [0.29, 0.717) is 29.7 Å². The number of nitrogens with zero attached hydrogens (tertiary/aromatic N) is 2. The first-order valence-electron chi connectivity index (χ1n) is 8.96. The first-order valence-corrected chi connectivity index (χ1v) is 11.5. The fraction of sp³-hybridized carbons (Fsp3) is 0.190. The van der Waals surface area contributed by atoms with E-state index in [0.717, 1.165) is 16.2 Å². The van der Waals surface area contributed by atoms with Gasteiger partial charge in [0, 0.05) is 29.1 Å². The van der Waals surface area contributed by atoms with Crippen LogP contribution in [0.15, 0.2) is 70.8 Å². The zero-order valence-corrected chi connectivity index (χ0v) is 18.3. The Bertz CT molecular complexity index is 953. The number of aromatic nitrogens is 2. The molecule has 3 aromatic rings. The van der Waals surface area contributed by atoms with E-state index in [1.807, 2.05) is 48.7 Å². The molecule has 0 radical (unpaired) electrons. The monoisotopic (exact) mass is 444 g/mol. The van der Waals surface area contributed by atoms with E-state index in [1.54, 1.807) is 11.8 Å². The Morgan fingerprint density at radius 1 is 1.07 bits per heavy atom. The number of rotatable bonds is 9. The van der Waals surface area contributed by atoms with Crippen LogP contribution in [0, 0.1) is 0 Å². The molecule has 1 amide bonds. The maximum Gasteiger partial charge on any atom is 0.230 e. The van der Waals surface area contributed by atoms with Crippen LogP contribution in [-0.2, 0) is 17.9 Å². The van der Waals surface area contributed by atoms with Crippen molar-refractivity contribution in [1.29, 1.82) is 0 Å². The lowest BCUT2D eigenvalue weighted by molar-refractivity contribution is -0.118. The summed E-state index contributed by atoms with van der Waals surface area (Å²) >= 11 is 9.25. The van der Waals surface area contributed by atoms with Crippen LogP contribution in [0.2, 0.25) is 5.02 Å². The van der Waals surface area contributed by atoms with Gasteiger partial charge >= 0.3 is 0 Å². The summed E-state index contributed by atoms with van der Waals surface area (Å²) in [5.74, 6) is 0.953. The van der Waals surface area contributed by atoms with Crippen molar-refractivity contribution in [2.45, 2.75) is 23.0 Å². The molecule has 150 valence electrons. The number of thioether (sulfide) groups is 2. The van der Waals surface area contributed by atoms with Crippen LogP contribution < -0.4 is 10.6 Å². The van der Waals surface area contributed by atoms with Crippen molar-refractivity contribution in [3.63, 3.8) is 0 Å². The standard InChI is InChI=1S/C21H21ClN4OS2/c1-28-17-8-6-15(7-9-17)11-24-20(27)13-29-21-10-19(25-14-26-21)23-12-16-4-2-3-5-18(16)22/h2-10,14H,11-13H2,1H3,(H,24,27)(H,23,25,26). The fourth-order valence-corrected chi connectivity index (χ4v) is 3.79. The van der Waals surface area contributed by atoms with Gasteiger partial charge in [0.15, 0.2) is 0 Å². The molecule has 29 heavy (non-hydrogen) atoms. The van der Waals surface area contributed by atoms with Gasteiger partial charge in [-0.25, -0.2) is 9.97 Å². The van der Waals surface area contributed by atoms with Gasteiger partial charge in [0.2, 0.25) is 5.91 Å². The second kappa shape index (κ2) is 11.1. The van der Waals surface area contributed by atoms with Crippen molar-refractivity contribution >= 4 is 46.8 Å². The molecule has 8 heteroatoms. The molecule has 0 aliphatic heterocycles. The molecule has 0 aliphatic rings. The number of hydrogen-bond acceptors (Lipinski definition) is 6. The molecule has 1 aromatic heterocycles. The molecule has 0 bridgehead atoms. The topological polar surface area (TPSA) is 66.9 Å². The number of nitrogens with one attached hydrogen (secondary N) is 2. The van der Waals surface area contributed by atoms with Crippen LogP contribution >= 0.6 is 35.1 Å². The smallest absolute Gasteiger partial charge is 0.230 e. The summed E-state index contributed by atoms with van der Waals surface area (Å²) in [7, 11) is 0. The van der Waals surface area contributed by atoms with E-state index in [9.17, 15) is 4.79 Å². The molecule has 2 N–H and O–H groups in total. The second-order valence-electron chi connectivity index (χ2n) is 6.10. The average Bonchev–Trinajstić information content (AvgIpc) is 2.76. The molecule has 1 heterocycles. The number of benzene rings is 2. The van der Waals surface area contributed by atoms with Gasteiger partial charge in [-0.1, -0.05) is 53.7 Å². The Hall–Kier alpha value is -2.22. The first-order chi connectivity index (χ1) is 14.1. The predicted octanol–water partition coefficient (Wildman–Crippen LogP) is 4.87. The molecule has 0 spiro atoms. The van der Waals surface area contributed by atoms with Gasteiger partial charge in [0.25, 0.3) is 0 Å². The third kappa shape index (κ3) is 6.96. The van der Waals surface area contributed by atoms with Crippen molar-refractivity contribution in [1.82, 2.24) is 15.3 Å². The van der Waals surface area contributed by atoms with Gasteiger partial charge in [-0.05, 0) is 35.6 Å². The summed E-state index contributed by atoms with van der Waals surface area (Å²) in [6.07, 6.45) is 3.53. The van der Waals surface area contributed by atoms with Crippen LogP contribution in [0.3, 0.4) is 0 Å². The van der Waals surface area contributed by atoms with E-state index in [-0.39, 0.29) is 5.91 Å². The van der Waals surface area contributed by atoms with E-state index >= 15 is 0 Å². The lowest BCUT2D eigenvalue weighted by Gasteiger charge is -2.08. The average molecular weight is 445 g/mol. The van der Waals surface area contributed by atoms with Crippen molar-refractivity contribution in [2.24, 2.45) is 0 Å². The molecular formula is C21H21ClN4OS2. The van der Waals surface area contributed by atoms with Gasteiger partial charge in [-0.3, -0.25) is 4.79 Å². The minimum absolute atomic E-state index is 0.0341. The maximum absolute atomic E-state index is 12.1. The summed E-state index contributed by atoms with van der Waals surface area (Å²) in [6.45, 7) is 1.08. The van der Waals surface area contributed by atoms with Crippen molar-refractivity contribution in [3.8, 4) is 0 Å². The SMILES string of the molecule is CSc1ccc(CNC(=O)CSc2cc(NCc3ccccc3Cl)ncn2)cc1. The third-order valence-corrected chi connectivity index (χ3v) is 6.10. The summed E-state index contributed by atoms with van der Waals surface area (Å²) in [4.78, 5) is 21.8. The highest BCUT2D eigenvalue weighted by molar-refractivity contribution is 7.99. The molecule has 5 nitrogen and oxygen atoms in total. The van der Waals surface area contributed by atoms with Crippen molar-refractivity contribution < 1.29 is 4.79 Å². The summed E-state index contributed by atoms with van der Waals surface area (Å²) < 4.78 is 0. The molecule has 0 unspecified atom stereocenters. The normalized spacial score (nSPS) is 10.6. The largest absolute Gasteiger partial charge is 0.366 e. The second-order valence-corrected chi connectivity index (χ2v) is 8.38. The molecule has 2 aromatic carbocycles. The zero-order valence-electron chi connectivity index (χ0n) is 15.9. The molecular weight excluding hydrogens is 424 g/mol. The van der Waals surface area contributed by atoms with Crippen LogP contribution in [0.25, 0.3) is 0 Å². The number of carbonyl (C=O) groups excluding carboxylic acids is 1. The minimum Gasteiger partial charge on any atom is -0.366 e. The van der Waals surface area contributed by atoms with E-state index in [2.05, 4.69) is 32.7 Å². The minimum atomic E-state index is -0.0341. The molecule has 0 atom stereocenters. The van der Waals surface area contributed by atoms with Crippen molar-refractivity contribution in [2.75, 3.05) is 17.3 Å². The molecule has 3 rings (SSSR count). The van der Waals surface area contributed by atoms with Gasteiger partial charge in [-0.2, -0.15) is 0 Å². The Labute approximate surface area is 184 Å². The van der Waals surface area contributed by atoms with E-state index in [4.69, 9.17) is 11.6 Å². The summed E-state index contributed by atoms with van der Waals surface area (Å²) in [5.41, 5.74) is 2.07. The highest BCUT2D eigenvalue weighted by atomic mass is 35.5. The number of carbonyl (C=O) groups is 1. The van der Waals surface area contributed by atoms with Crippen LogP contribution in [0.5, 0.6) is 0 Å². The Morgan fingerprint density at radius 3 is 2.62 bits per heavy atom. The highest BCUT2D eigenvalue weighted by Crippen LogP contribution is 2.20. The van der Waals surface area contributed by atoms with Gasteiger partial charge in [-0.15, -0.1) is 11.8 Å². The van der Waals surface area contributed by atoms with Gasteiger partial charge in [0.05, 0.1) is 5.75 Å². The predicted molar refractivity (Wildman–Crippen MR) is 122 cm³/mol. The molecule has 0 fully saturated rings. The maximum atomic E-state index is 12.1. The molecule has 0 saturated heterocycles. The van der Waals surface area contributed by atoms with Gasteiger partial charge in [0.1, 0.15) is 17.2 Å². The highest BCUT2D eigenvalue weighted by Gasteiger charge is 2.06. The fourth-order valence-electron chi connectivity index (χ4n) is 2.48. The molecule has 0 aliphatic carbocycles. The Kier molecular flexibility index (Phi) is 8.22. The number of amides is 1. The zero-order chi connectivity index (χ0) is 20.5. The third-order valence-electron chi connectivity index (χ3n) is 4.06. The van der Waals surface area contributed by atoms with Crippen LogP contribution in [0.4, 0.5) is 5.82 Å². The Balaban J connectivity index is 1.45. The summed E-state index contributed by atoms with van der Waals surface area (Å²) in [6, 6.07) is 17.7. The van der Waals surface area contributed by atoms with Crippen LogP contribution in [-0.4, -0.2) is 27.9 Å². The number of halogens is 1. The number of anilines is 1. The lowest BCUT2D eigenvalue weighted by atomic mass is 10.2. The van der Waals surface area contributed by atoms with Gasteiger partial charge < -0.3 is 10.6 Å². The number of hydrogen-bond donors (Lipinski definition) is 2. The quantitative estimate of drug-likeness (QED) is 0.362. The summed E-state index contributed by atoms with van der Waals surface area (Å²) in [5, 5.41) is 7.62.